The number of amides is 1. The lowest BCUT2D eigenvalue weighted by Gasteiger charge is -2.34. The largest absolute Gasteiger partial charge is 0.357 e. The number of hydrogen-bond donors (Lipinski definition) is 1. The van der Waals surface area contributed by atoms with Crippen LogP contribution in [-0.2, 0) is 9.59 Å². The van der Waals surface area contributed by atoms with Gasteiger partial charge < -0.3 is 5.32 Å². The zero-order valence-corrected chi connectivity index (χ0v) is 17.2. The van der Waals surface area contributed by atoms with Gasteiger partial charge in [-0.05, 0) is 43.9 Å². The molecule has 0 saturated carbocycles. The molecule has 0 unspecified atom stereocenters. The lowest BCUT2D eigenvalue weighted by molar-refractivity contribution is -0.119. The van der Waals surface area contributed by atoms with Gasteiger partial charge in [0.05, 0.1) is 17.4 Å². The summed E-state index contributed by atoms with van der Waals surface area (Å²) in [7, 11) is 0. The minimum Gasteiger partial charge on any atom is -0.357 e. The Morgan fingerprint density at radius 2 is 1.86 bits per heavy atom. The van der Waals surface area contributed by atoms with Crippen molar-refractivity contribution in [2.24, 2.45) is 0 Å². The van der Waals surface area contributed by atoms with E-state index in [-0.39, 0.29) is 17.7 Å². The van der Waals surface area contributed by atoms with E-state index >= 15 is 0 Å². The molecule has 0 spiro atoms. The highest BCUT2D eigenvalue weighted by molar-refractivity contribution is 6.06. The van der Waals surface area contributed by atoms with Crippen LogP contribution < -0.4 is 10.2 Å². The SMILES string of the molecule is CCCCC(=O)N1c2ccccc2NC2=C(C(=O)CCC2)[C@H]1c1ccc(C)cc1. The Bertz CT molecular complexity index is 959. The molecular weight excluding hydrogens is 360 g/mol. The Hall–Kier alpha value is -2.88. The van der Waals surface area contributed by atoms with Crippen molar-refractivity contribution < 1.29 is 9.59 Å². The van der Waals surface area contributed by atoms with Crippen LogP contribution in [0.5, 0.6) is 0 Å². The fourth-order valence-electron chi connectivity index (χ4n) is 4.32. The molecule has 4 nitrogen and oxygen atoms in total. The Kier molecular flexibility index (Phi) is 5.52. The number of carbonyl (C=O) groups excluding carboxylic acids is 2. The molecule has 2 aromatic rings. The number of carbonyl (C=O) groups is 2. The van der Waals surface area contributed by atoms with Crippen LogP contribution in [0.3, 0.4) is 0 Å². The maximum absolute atomic E-state index is 13.5. The molecule has 0 fully saturated rings. The summed E-state index contributed by atoms with van der Waals surface area (Å²) in [5, 5.41) is 3.51. The molecule has 150 valence electrons. The summed E-state index contributed by atoms with van der Waals surface area (Å²) in [5.74, 6) is 0.212. The second kappa shape index (κ2) is 8.24. The standard InChI is InChI=1S/C25H28N2O2/c1-3-4-12-23(29)27-21-10-6-5-8-19(21)26-20-9-7-11-22(28)24(20)25(27)18-15-13-17(2)14-16-18/h5-6,8,10,13-16,25-26H,3-4,7,9,11-12H2,1-2H3/t25-/m1/s1. The number of rotatable bonds is 4. The number of para-hydroxylation sites is 2. The predicted molar refractivity (Wildman–Crippen MR) is 117 cm³/mol. The van der Waals surface area contributed by atoms with Gasteiger partial charge in [0.25, 0.3) is 0 Å². The molecule has 29 heavy (non-hydrogen) atoms. The van der Waals surface area contributed by atoms with Crippen molar-refractivity contribution in [3.63, 3.8) is 0 Å². The molecule has 0 saturated heterocycles. The van der Waals surface area contributed by atoms with Crippen molar-refractivity contribution in [2.45, 2.75) is 58.4 Å². The lowest BCUT2D eigenvalue weighted by Crippen LogP contribution is -2.37. The van der Waals surface area contributed by atoms with Crippen LogP contribution in [0.25, 0.3) is 0 Å². The number of fused-ring (bicyclic) bond motifs is 1. The lowest BCUT2D eigenvalue weighted by atomic mass is 9.85. The molecular formula is C25H28N2O2. The van der Waals surface area contributed by atoms with E-state index in [4.69, 9.17) is 0 Å². The molecule has 1 heterocycles. The molecule has 0 aromatic heterocycles. The third-order valence-electron chi connectivity index (χ3n) is 5.84. The molecule has 1 aliphatic carbocycles. The first-order chi connectivity index (χ1) is 14.1. The first kappa shape index (κ1) is 19.4. The van der Waals surface area contributed by atoms with Crippen molar-refractivity contribution in [3.05, 3.63) is 70.9 Å². The summed E-state index contributed by atoms with van der Waals surface area (Å²) in [6.07, 6.45) is 4.49. The van der Waals surface area contributed by atoms with Gasteiger partial charge in [0.1, 0.15) is 0 Å². The average molecular weight is 389 g/mol. The zero-order chi connectivity index (χ0) is 20.4. The molecule has 2 aromatic carbocycles. The first-order valence-corrected chi connectivity index (χ1v) is 10.6. The number of aryl methyl sites for hydroxylation is 1. The van der Waals surface area contributed by atoms with E-state index < -0.39 is 0 Å². The number of hydrogen-bond acceptors (Lipinski definition) is 3. The Morgan fingerprint density at radius 3 is 2.62 bits per heavy atom. The van der Waals surface area contributed by atoms with Crippen molar-refractivity contribution in [1.29, 1.82) is 0 Å². The summed E-state index contributed by atoms with van der Waals surface area (Å²) in [6, 6.07) is 15.7. The van der Waals surface area contributed by atoms with Crippen LogP contribution in [0.1, 0.15) is 62.6 Å². The van der Waals surface area contributed by atoms with E-state index in [1.165, 1.54) is 0 Å². The van der Waals surface area contributed by atoms with E-state index in [2.05, 4.69) is 36.5 Å². The molecule has 2 aliphatic rings. The molecule has 1 amide bonds. The molecule has 0 bridgehead atoms. The monoisotopic (exact) mass is 388 g/mol. The summed E-state index contributed by atoms with van der Waals surface area (Å²) in [5.41, 5.74) is 5.61. The quantitative estimate of drug-likeness (QED) is 0.732. The van der Waals surface area contributed by atoms with Crippen molar-refractivity contribution >= 4 is 23.1 Å². The number of allylic oxidation sites excluding steroid dienone is 1. The number of benzene rings is 2. The third-order valence-corrected chi connectivity index (χ3v) is 5.84. The Labute approximate surface area is 172 Å². The van der Waals surface area contributed by atoms with E-state index in [1.807, 2.05) is 36.1 Å². The number of ketones is 1. The average Bonchev–Trinajstić information content (AvgIpc) is 2.87. The summed E-state index contributed by atoms with van der Waals surface area (Å²) >= 11 is 0. The predicted octanol–water partition coefficient (Wildman–Crippen LogP) is 5.69. The highest BCUT2D eigenvalue weighted by atomic mass is 16.2. The van der Waals surface area contributed by atoms with Gasteiger partial charge in [-0.15, -0.1) is 0 Å². The molecule has 0 radical (unpaired) electrons. The van der Waals surface area contributed by atoms with E-state index in [0.717, 1.165) is 59.5 Å². The summed E-state index contributed by atoms with van der Waals surface area (Å²) in [6.45, 7) is 4.14. The molecule has 1 aliphatic heterocycles. The highest BCUT2D eigenvalue weighted by Gasteiger charge is 2.39. The minimum atomic E-state index is -0.390. The van der Waals surface area contributed by atoms with Crippen molar-refractivity contribution in [1.82, 2.24) is 0 Å². The number of anilines is 2. The zero-order valence-electron chi connectivity index (χ0n) is 17.2. The van der Waals surface area contributed by atoms with Crippen LogP contribution >= 0.6 is 0 Å². The third kappa shape index (κ3) is 3.71. The first-order valence-electron chi connectivity index (χ1n) is 10.6. The van der Waals surface area contributed by atoms with Gasteiger partial charge in [0.2, 0.25) is 5.91 Å². The van der Waals surface area contributed by atoms with Crippen LogP contribution in [-0.4, -0.2) is 11.7 Å². The second-order valence-corrected chi connectivity index (χ2v) is 7.99. The number of Topliss-reactive ketones (excluding diaryl/α,β-unsaturated/α-hetero) is 1. The molecule has 1 N–H and O–H groups in total. The van der Waals surface area contributed by atoms with Crippen LogP contribution in [0, 0.1) is 6.92 Å². The van der Waals surface area contributed by atoms with E-state index in [1.54, 1.807) is 0 Å². The molecule has 4 rings (SSSR count). The Balaban J connectivity index is 1.94. The number of nitrogens with zero attached hydrogens (tertiary/aromatic N) is 1. The van der Waals surface area contributed by atoms with E-state index in [9.17, 15) is 9.59 Å². The second-order valence-electron chi connectivity index (χ2n) is 7.99. The highest BCUT2D eigenvalue weighted by Crippen LogP contribution is 2.45. The van der Waals surface area contributed by atoms with Gasteiger partial charge in [-0.3, -0.25) is 14.5 Å². The summed E-state index contributed by atoms with van der Waals surface area (Å²) < 4.78 is 0. The topological polar surface area (TPSA) is 49.4 Å². The van der Waals surface area contributed by atoms with Gasteiger partial charge in [-0.2, -0.15) is 0 Å². The van der Waals surface area contributed by atoms with Crippen LogP contribution in [0.4, 0.5) is 11.4 Å². The van der Waals surface area contributed by atoms with Crippen LogP contribution in [0.15, 0.2) is 59.8 Å². The Morgan fingerprint density at radius 1 is 1.10 bits per heavy atom. The smallest absolute Gasteiger partial charge is 0.227 e. The fraction of sp³-hybridized carbons (Fsp3) is 0.360. The van der Waals surface area contributed by atoms with Crippen molar-refractivity contribution in [2.75, 3.05) is 10.2 Å². The number of nitrogens with one attached hydrogen (secondary N) is 1. The maximum atomic E-state index is 13.5. The molecule has 4 heteroatoms. The number of unbranched alkanes of at least 4 members (excludes halogenated alkanes) is 1. The van der Waals surface area contributed by atoms with Gasteiger partial charge in [0, 0.05) is 24.1 Å². The van der Waals surface area contributed by atoms with E-state index in [0.29, 0.717) is 12.8 Å². The normalized spacial score (nSPS) is 18.6. The maximum Gasteiger partial charge on any atom is 0.227 e. The van der Waals surface area contributed by atoms with Gasteiger partial charge in [0.15, 0.2) is 5.78 Å². The van der Waals surface area contributed by atoms with Crippen molar-refractivity contribution in [3.8, 4) is 0 Å². The van der Waals surface area contributed by atoms with Gasteiger partial charge in [-0.1, -0.05) is 55.3 Å². The van der Waals surface area contributed by atoms with Gasteiger partial charge >= 0.3 is 0 Å². The minimum absolute atomic E-state index is 0.0683. The van der Waals surface area contributed by atoms with Crippen LogP contribution in [0.2, 0.25) is 0 Å². The molecule has 1 atom stereocenters. The summed E-state index contributed by atoms with van der Waals surface area (Å²) in [4.78, 5) is 28.5. The van der Waals surface area contributed by atoms with Gasteiger partial charge in [-0.25, -0.2) is 0 Å². The fourth-order valence-corrected chi connectivity index (χ4v) is 4.32.